The zero-order valence-electron chi connectivity index (χ0n) is 48.1. The number of rotatable bonds is 0. The van der Waals surface area contributed by atoms with Gasteiger partial charge in [-0.15, -0.1) is 0 Å². The Morgan fingerprint density at radius 3 is 1.28 bits per heavy atom. The van der Waals surface area contributed by atoms with E-state index in [0.717, 1.165) is 39.5 Å². The molecule has 24 rings (SSSR count). The highest BCUT2D eigenvalue weighted by Gasteiger charge is 2.51. The summed E-state index contributed by atoms with van der Waals surface area (Å²) in [6.07, 6.45) is 0. The highest BCUT2D eigenvalue weighted by atomic mass is 16.3. The van der Waals surface area contributed by atoms with Crippen molar-refractivity contribution in [2.75, 3.05) is 14.4 Å². The van der Waals surface area contributed by atoms with Crippen LogP contribution in [0.1, 0.15) is 0 Å². The van der Waals surface area contributed by atoms with Gasteiger partial charge in [0.05, 0.1) is 39.3 Å². The zero-order chi connectivity index (χ0) is 58.2. The van der Waals surface area contributed by atoms with Gasteiger partial charge in [-0.1, -0.05) is 194 Å². The van der Waals surface area contributed by atoms with E-state index in [4.69, 9.17) is 13.3 Å². The Balaban J connectivity index is 0.0000000893. The minimum Gasteiger partial charge on any atom is -0.465 e. The van der Waals surface area contributed by atoms with E-state index >= 15 is 0 Å². The van der Waals surface area contributed by atoms with E-state index in [0.29, 0.717) is 0 Å². The Morgan fingerprint density at radius 2 is 0.656 bits per heavy atom. The van der Waals surface area contributed by atoms with Gasteiger partial charge >= 0.3 is 20.9 Å². The molecule has 0 N–H and O–H groups in total. The molecule has 0 aliphatic carbocycles. The standard InChI is InChI=1S/3C26H15BN2O/c1-4-12-20-18(9-1)26-25(19-10-3-6-15-23(19)30-26)29-22-14-7-11-17-16-8-2-5-13-21(16)28(24(17)22)27(20)29;1-4-12-20-16(8-1)17-11-7-14-22-25(17)29(20)27-24-19-10-3-6-15-23(19)30-26(24)18-9-2-5-13-21(18)28(22)27;1-4-12-20-16(8-1)17-11-7-14-22-25(17)29(20)27-26-24(19-10-3-6-15-23(19)30-26)18-9-2-5-13-21(18)28(22)27/h3*1-15H. The van der Waals surface area contributed by atoms with Gasteiger partial charge in [0.25, 0.3) is 0 Å². The Labute approximate surface area is 515 Å². The molecule has 12 aromatic carbocycles. The van der Waals surface area contributed by atoms with Crippen molar-refractivity contribution >= 4 is 170 Å². The molecule has 12 heterocycles. The van der Waals surface area contributed by atoms with E-state index in [2.05, 4.69) is 283 Å². The number of furan rings is 3. The maximum absolute atomic E-state index is 6.58. The van der Waals surface area contributed by atoms with Gasteiger partial charge in [0.2, 0.25) is 0 Å². The number of hydrogen-bond donors (Lipinski definition) is 0. The van der Waals surface area contributed by atoms with Crippen LogP contribution in [0.15, 0.2) is 286 Å². The molecule has 0 amide bonds. The van der Waals surface area contributed by atoms with E-state index < -0.39 is 0 Å². The molecule has 0 saturated heterocycles. The molecule has 0 bridgehead atoms. The van der Waals surface area contributed by atoms with Crippen molar-refractivity contribution in [3.8, 4) is 33.8 Å². The number of benzene rings is 12. The van der Waals surface area contributed by atoms with Crippen LogP contribution in [0.5, 0.6) is 0 Å². The number of fused-ring (bicyclic) bond motifs is 39. The molecule has 18 aromatic rings. The summed E-state index contributed by atoms with van der Waals surface area (Å²) >= 11 is 0. The van der Waals surface area contributed by atoms with Crippen LogP contribution in [-0.4, -0.2) is 34.4 Å². The topological polar surface area (TPSA) is 63.9 Å². The predicted octanol–water partition coefficient (Wildman–Crippen LogP) is 17.7. The van der Waals surface area contributed by atoms with Crippen LogP contribution in [0, 0.1) is 0 Å². The number of para-hydroxylation sites is 11. The van der Waals surface area contributed by atoms with Crippen LogP contribution in [0.25, 0.3) is 132 Å². The van der Waals surface area contributed by atoms with Crippen molar-refractivity contribution in [2.45, 2.75) is 0 Å². The third kappa shape index (κ3) is 5.78. The molecule has 6 aromatic heterocycles. The van der Waals surface area contributed by atoms with Crippen LogP contribution in [-0.2, 0) is 0 Å². The third-order valence-electron chi connectivity index (χ3n) is 20.3. The van der Waals surface area contributed by atoms with Crippen LogP contribution in [0.3, 0.4) is 0 Å². The summed E-state index contributed by atoms with van der Waals surface area (Å²) in [6.45, 7) is 0.0926. The van der Waals surface area contributed by atoms with Crippen LogP contribution in [0.2, 0.25) is 0 Å². The van der Waals surface area contributed by atoms with E-state index in [1.807, 2.05) is 18.2 Å². The van der Waals surface area contributed by atoms with Crippen molar-refractivity contribution < 1.29 is 13.3 Å². The number of hydrogen-bond acceptors (Lipinski definition) is 6. The van der Waals surface area contributed by atoms with Crippen molar-refractivity contribution in [1.29, 1.82) is 0 Å². The first kappa shape index (κ1) is 47.4. The van der Waals surface area contributed by atoms with E-state index in [-0.39, 0.29) is 20.9 Å². The summed E-state index contributed by atoms with van der Waals surface area (Å²) < 4.78 is 27.0. The van der Waals surface area contributed by atoms with Gasteiger partial charge in [-0.2, -0.15) is 0 Å². The van der Waals surface area contributed by atoms with Gasteiger partial charge in [0.15, 0.2) is 5.76 Å². The fraction of sp³-hybridized carbons (Fsp3) is 0. The smallest absolute Gasteiger partial charge is 0.459 e. The summed E-state index contributed by atoms with van der Waals surface area (Å²) in [4.78, 5) is 7.43. The average molecular weight is 1150 g/mol. The highest BCUT2D eigenvalue weighted by Crippen LogP contribution is 2.55. The molecule has 12 heteroatoms. The van der Waals surface area contributed by atoms with Crippen LogP contribution < -0.4 is 31.0 Å². The predicted molar refractivity (Wildman–Crippen MR) is 372 cm³/mol. The van der Waals surface area contributed by atoms with Gasteiger partial charge in [0.1, 0.15) is 28.2 Å². The van der Waals surface area contributed by atoms with Gasteiger partial charge in [0, 0.05) is 104 Å². The molecule has 0 radical (unpaired) electrons. The van der Waals surface area contributed by atoms with Crippen LogP contribution >= 0.6 is 0 Å². The lowest BCUT2D eigenvalue weighted by Crippen LogP contribution is -2.51. The first-order valence-corrected chi connectivity index (χ1v) is 31.0. The molecule has 6 aliphatic rings. The van der Waals surface area contributed by atoms with Gasteiger partial charge in [-0.05, 0) is 84.3 Å². The van der Waals surface area contributed by atoms with Crippen LogP contribution in [0.4, 0.5) is 34.1 Å². The van der Waals surface area contributed by atoms with Gasteiger partial charge < -0.3 is 41.1 Å². The monoisotopic (exact) mass is 1150 g/mol. The van der Waals surface area contributed by atoms with E-state index in [1.54, 1.807) is 0 Å². The SMILES string of the molecule is c1ccc2c(c1)-c1c(oc3ccccc13)B1N2c2cccc3c4ccccc4n1c23.c1ccc2c(c1)-c1oc3ccccc3c1B1N2c2cccc3c4ccccc4n1c23.c1ccc2c(c1)B1N(c3c-2oc2ccccc32)c2cccc3c4ccccc4n1c23. The lowest BCUT2D eigenvalue weighted by molar-refractivity contribution is 0.632. The lowest BCUT2D eigenvalue weighted by Gasteiger charge is -2.32. The van der Waals surface area contributed by atoms with Crippen molar-refractivity contribution in [3.05, 3.63) is 273 Å². The summed E-state index contributed by atoms with van der Waals surface area (Å²) in [5.74, 6) is 1.96. The minimum absolute atomic E-state index is 0.0258. The summed E-state index contributed by atoms with van der Waals surface area (Å²) in [5.41, 5.74) is 26.2. The third-order valence-corrected chi connectivity index (χ3v) is 20.3. The molecule has 6 aliphatic heterocycles. The normalized spacial score (nSPS) is 13.9. The molecule has 0 saturated carbocycles. The Hall–Kier alpha value is -11.7. The zero-order valence-corrected chi connectivity index (χ0v) is 48.1. The van der Waals surface area contributed by atoms with Crippen molar-refractivity contribution in [3.63, 3.8) is 0 Å². The second-order valence-corrected chi connectivity index (χ2v) is 24.5. The Kier molecular flexibility index (Phi) is 8.99. The van der Waals surface area contributed by atoms with Crippen molar-refractivity contribution in [2.24, 2.45) is 0 Å². The first-order valence-electron chi connectivity index (χ1n) is 31.0. The lowest BCUT2D eigenvalue weighted by atomic mass is 9.61. The molecule has 0 atom stereocenters. The number of anilines is 6. The second-order valence-electron chi connectivity index (χ2n) is 24.5. The molecular weight excluding hydrogens is 1100 g/mol. The largest absolute Gasteiger partial charge is 0.465 e. The summed E-state index contributed by atoms with van der Waals surface area (Å²) in [6, 6.07) is 97.4. The highest BCUT2D eigenvalue weighted by molar-refractivity contribution is 6.85. The minimum atomic E-state index is -0.0258. The molecule has 0 spiro atoms. The Morgan fingerprint density at radius 1 is 0.256 bits per heavy atom. The quantitative estimate of drug-likeness (QED) is 0.141. The molecule has 9 nitrogen and oxygen atoms in total. The molecule has 0 unspecified atom stereocenters. The molecular formula is C78H45B3N6O3. The average Bonchev–Trinajstić information content (AvgIpc) is 1.54. The maximum atomic E-state index is 6.58. The second kappa shape index (κ2) is 17.1. The molecule has 90 heavy (non-hydrogen) atoms. The van der Waals surface area contributed by atoms with Gasteiger partial charge in [-0.3, -0.25) is 0 Å². The van der Waals surface area contributed by atoms with E-state index in [1.165, 1.54) is 143 Å². The summed E-state index contributed by atoms with van der Waals surface area (Å²) in [7, 11) is 0. The number of nitrogens with zero attached hydrogens (tertiary/aromatic N) is 6. The first-order chi connectivity index (χ1) is 44.7. The van der Waals surface area contributed by atoms with Gasteiger partial charge in [-0.25, -0.2) is 0 Å². The molecule has 0 fully saturated rings. The summed E-state index contributed by atoms with van der Waals surface area (Å²) in [5, 5.41) is 11.4. The molecule has 414 valence electrons. The maximum Gasteiger partial charge on any atom is 0.459 e. The van der Waals surface area contributed by atoms with E-state index in [9.17, 15) is 0 Å². The van der Waals surface area contributed by atoms with Crippen molar-refractivity contribution in [1.82, 2.24) is 13.4 Å². The fourth-order valence-electron chi connectivity index (χ4n) is 16.9. The Bertz CT molecular complexity index is 6210. The number of aromatic nitrogens is 3. The fourth-order valence-corrected chi connectivity index (χ4v) is 16.9.